The molecular weight excluding hydrogens is 423 g/mol. The van der Waals surface area contributed by atoms with E-state index in [2.05, 4.69) is 26.1 Å². The van der Waals surface area contributed by atoms with Crippen molar-refractivity contribution in [2.24, 2.45) is 0 Å². The maximum atomic E-state index is 6.45. The zero-order chi connectivity index (χ0) is 21.1. The molecule has 0 spiro atoms. The van der Waals surface area contributed by atoms with Gasteiger partial charge in [0.15, 0.2) is 0 Å². The largest absolute Gasteiger partial charge is 0.467 e. The number of benzene rings is 2. The van der Waals surface area contributed by atoms with Gasteiger partial charge >= 0.3 is 12.0 Å². The predicted molar refractivity (Wildman–Crippen MR) is 116 cm³/mol. The SMILES string of the molecule is COc1n[c]c(-c2ccccc2Cl)c(-c2nc(OC)ncc2-c2cccc(Cl)c2)n1. The van der Waals surface area contributed by atoms with Crippen LogP contribution >= 0.6 is 23.2 Å². The van der Waals surface area contributed by atoms with Crippen molar-refractivity contribution in [2.75, 3.05) is 14.2 Å². The molecule has 0 fully saturated rings. The number of rotatable bonds is 5. The lowest BCUT2D eigenvalue weighted by Gasteiger charge is -2.14. The molecule has 0 N–H and O–H groups in total. The minimum absolute atomic E-state index is 0.149. The van der Waals surface area contributed by atoms with Gasteiger partial charge in [-0.3, -0.25) is 0 Å². The molecule has 6 nitrogen and oxygen atoms in total. The smallest absolute Gasteiger partial charge is 0.317 e. The molecule has 0 bridgehead atoms. The highest BCUT2D eigenvalue weighted by molar-refractivity contribution is 6.33. The average molecular weight is 438 g/mol. The summed E-state index contributed by atoms with van der Waals surface area (Å²) in [5.74, 6) is 0. The number of ether oxygens (including phenoxy) is 2. The van der Waals surface area contributed by atoms with Crippen molar-refractivity contribution in [2.45, 2.75) is 0 Å². The van der Waals surface area contributed by atoms with Gasteiger partial charge in [0.2, 0.25) is 0 Å². The van der Waals surface area contributed by atoms with Crippen LogP contribution in [0.2, 0.25) is 10.0 Å². The van der Waals surface area contributed by atoms with Crippen molar-refractivity contribution in [1.82, 2.24) is 19.9 Å². The molecular formula is C22H15Cl2N4O2. The highest BCUT2D eigenvalue weighted by atomic mass is 35.5. The van der Waals surface area contributed by atoms with E-state index in [1.807, 2.05) is 36.4 Å². The van der Waals surface area contributed by atoms with Crippen molar-refractivity contribution in [3.05, 3.63) is 71.0 Å². The summed E-state index contributed by atoms with van der Waals surface area (Å²) < 4.78 is 10.5. The Bertz CT molecular complexity index is 1220. The van der Waals surface area contributed by atoms with Gasteiger partial charge in [-0.1, -0.05) is 53.5 Å². The van der Waals surface area contributed by atoms with Gasteiger partial charge in [0, 0.05) is 32.9 Å². The Kier molecular flexibility index (Phi) is 5.79. The van der Waals surface area contributed by atoms with Crippen LogP contribution in [0.3, 0.4) is 0 Å². The molecule has 30 heavy (non-hydrogen) atoms. The van der Waals surface area contributed by atoms with Gasteiger partial charge in [0.1, 0.15) is 17.6 Å². The summed E-state index contributed by atoms with van der Waals surface area (Å²) >= 11 is 12.7. The van der Waals surface area contributed by atoms with Crippen LogP contribution in [0.1, 0.15) is 0 Å². The number of methoxy groups -OCH3 is 2. The highest BCUT2D eigenvalue weighted by Crippen LogP contribution is 2.39. The first-order valence-electron chi connectivity index (χ1n) is 8.86. The zero-order valence-electron chi connectivity index (χ0n) is 16.1. The summed E-state index contributed by atoms with van der Waals surface area (Å²) in [4.78, 5) is 17.5. The fourth-order valence-electron chi connectivity index (χ4n) is 2.96. The Balaban J connectivity index is 2.03. The summed E-state index contributed by atoms with van der Waals surface area (Å²) in [5.41, 5.74) is 3.81. The molecule has 2 aromatic heterocycles. The number of hydrogen-bond acceptors (Lipinski definition) is 6. The molecule has 4 aromatic rings. The molecule has 0 saturated carbocycles. The van der Waals surface area contributed by atoms with Crippen LogP contribution in [-0.4, -0.2) is 34.2 Å². The Labute approximate surface area is 183 Å². The van der Waals surface area contributed by atoms with E-state index in [0.717, 1.165) is 5.56 Å². The van der Waals surface area contributed by atoms with Crippen LogP contribution in [0.25, 0.3) is 33.6 Å². The third kappa shape index (κ3) is 3.92. The predicted octanol–water partition coefficient (Wildman–Crippen LogP) is 5.39. The van der Waals surface area contributed by atoms with Gasteiger partial charge in [-0.15, -0.1) is 0 Å². The van der Waals surface area contributed by atoms with Crippen LogP contribution in [-0.2, 0) is 0 Å². The second-order valence-electron chi connectivity index (χ2n) is 6.15. The molecule has 0 unspecified atom stereocenters. The van der Waals surface area contributed by atoms with E-state index in [-0.39, 0.29) is 12.0 Å². The molecule has 2 heterocycles. The quantitative estimate of drug-likeness (QED) is 0.416. The first-order chi connectivity index (χ1) is 14.6. The Morgan fingerprint density at radius 1 is 0.833 bits per heavy atom. The lowest BCUT2D eigenvalue weighted by molar-refractivity contribution is 0.378. The molecule has 149 valence electrons. The van der Waals surface area contributed by atoms with E-state index >= 15 is 0 Å². The average Bonchev–Trinajstić information content (AvgIpc) is 2.78. The molecule has 0 aliphatic carbocycles. The minimum Gasteiger partial charge on any atom is -0.467 e. The zero-order valence-corrected chi connectivity index (χ0v) is 17.6. The minimum atomic E-state index is 0.149. The highest BCUT2D eigenvalue weighted by Gasteiger charge is 2.21. The summed E-state index contributed by atoms with van der Waals surface area (Å²) in [6.07, 6.45) is 4.65. The van der Waals surface area contributed by atoms with Crippen molar-refractivity contribution in [3.8, 4) is 45.7 Å². The van der Waals surface area contributed by atoms with Crippen LogP contribution < -0.4 is 9.47 Å². The fraction of sp³-hybridized carbons (Fsp3) is 0.0909. The van der Waals surface area contributed by atoms with E-state index in [1.54, 1.807) is 18.3 Å². The number of hydrogen-bond donors (Lipinski definition) is 0. The fourth-order valence-corrected chi connectivity index (χ4v) is 3.38. The molecule has 0 saturated heterocycles. The number of nitrogens with zero attached hydrogens (tertiary/aromatic N) is 4. The summed E-state index contributed by atoms with van der Waals surface area (Å²) in [6, 6.07) is 15.1. The third-order valence-corrected chi connectivity index (χ3v) is 4.91. The van der Waals surface area contributed by atoms with Crippen molar-refractivity contribution in [3.63, 3.8) is 0 Å². The Hall–Kier alpha value is -3.22. The van der Waals surface area contributed by atoms with E-state index in [0.29, 0.717) is 38.1 Å². The lowest BCUT2D eigenvalue weighted by atomic mass is 9.98. The molecule has 1 radical (unpaired) electrons. The van der Waals surface area contributed by atoms with Gasteiger partial charge in [0.05, 0.1) is 14.2 Å². The van der Waals surface area contributed by atoms with E-state index < -0.39 is 0 Å². The molecule has 2 aromatic carbocycles. The van der Waals surface area contributed by atoms with Crippen LogP contribution in [0.4, 0.5) is 0 Å². The topological polar surface area (TPSA) is 70.0 Å². The van der Waals surface area contributed by atoms with Crippen LogP contribution in [0, 0.1) is 6.20 Å². The van der Waals surface area contributed by atoms with Crippen LogP contribution in [0.5, 0.6) is 12.0 Å². The van der Waals surface area contributed by atoms with E-state index in [9.17, 15) is 0 Å². The molecule has 8 heteroatoms. The lowest BCUT2D eigenvalue weighted by Crippen LogP contribution is -2.02. The molecule has 0 amide bonds. The molecule has 0 aliphatic heterocycles. The molecule has 0 atom stereocenters. The Morgan fingerprint density at radius 3 is 2.33 bits per heavy atom. The second kappa shape index (κ2) is 8.65. The summed E-state index contributed by atoms with van der Waals surface area (Å²) in [7, 11) is 2.99. The Morgan fingerprint density at radius 2 is 1.60 bits per heavy atom. The van der Waals surface area contributed by atoms with Crippen molar-refractivity contribution in [1.29, 1.82) is 0 Å². The number of halogens is 2. The van der Waals surface area contributed by atoms with Gasteiger partial charge in [-0.05, 0) is 23.8 Å². The number of aromatic nitrogens is 4. The summed E-state index contributed by atoms with van der Waals surface area (Å²) in [5, 5.41) is 1.13. The third-order valence-electron chi connectivity index (χ3n) is 4.34. The maximum Gasteiger partial charge on any atom is 0.317 e. The monoisotopic (exact) mass is 437 g/mol. The molecule has 4 rings (SSSR count). The van der Waals surface area contributed by atoms with Crippen LogP contribution in [0.15, 0.2) is 54.7 Å². The van der Waals surface area contributed by atoms with Gasteiger partial charge < -0.3 is 9.47 Å². The van der Waals surface area contributed by atoms with E-state index in [4.69, 9.17) is 32.7 Å². The second-order valence-corrected chi connectivity index (χ2v) is 7.00. The van der Waals surface area contributed by atoms with Crippen molar-refractivity contribution >= 4 is 23.2 Å². The van der Waals surface area contributed by atoms with Gasteiger partial charge in [-0.25, -0.2) is 4.98 Å². The maximum absolute atomic E-state index is 6.45. The first-order valence-corrected chi connectivity index (χ1v) is 9.62. The molecule has 0 aliphatic rings. The summed E-state index contributed by atoms with van der Waals surface area (Å²) in [6.45, 7) is 0. The van der Waals surface area contributed by atoms with Crippen molar-refractivity contribution < 1.29 is 9.47 Å². The standard InChI is InChI=1S/C22H15Cl2N4O2/c1-29-21-25-11-16(13-6-5-7-14(23)10-13)19(27-21)20-17(12-26-22(28-20)30-2)15-8-3-4-9-18(15)24/h3-11H,1-2H3. The van der Waals surface area contributed by atoms with Gasteiger partial charge in [-0.2, -0.15) is 15.0 Å². The van der Waals surface area contributed by atoms with E-state index in [1.165, 1.54) is 14.2 Å². The first kappa shape index (κ1) is 20.1. The van der Waals surface area contributed by atoms with Gasteiger partial charge in [0.25, 0.3) is 0 Å². The normalized spacial score (nSPS) is 10.7.